The number of rotatable bonds is 73. The lowest BCUT2D eigenvalue weighted by molar-refractivity contribution is -0.161. The number of aliphatic hydroxyl groups excluding tert-OH is 1. The van der Waals surface area contributed by atoms with E-state index in [4.69, 9.17) is 37.0 Å². The predicted molar refractivity (Wildman–Crippen MR) is 377 cm³/mol. The lowest BCUT2D eigenvalue weighted by Crippen LogP contribution is -2.30. The van der Waals surface area contributed by atoms with E-state index in [1.165, 1.54) is 199 Å². The maximum atomic E-state index is 13.1. The lowest BCUT2D eigenvalue weighted by Gasteiger charge is -2.21. The molecule has 0 aromatic heterocycles. The average Bonchev–Trinajstić information content (AvgIpc) is 3.36. The molecule has 0 spiro atoms. The molecule has 3 unspecified atom stereocenters. The van der Waals surface area contributed by atoms with Gasteiger partial charge in [-0.15, -0.1) is 0 Å². The Morgan fingerprint density at radius 3 is 0.817 bits per heavy atom. The van der Waals surface area contributed by atoms with Crippen LogP contribution in [0.25, 0.3) is 0 Å². The Balaban J connectivity index is 5.27. The molecule has 19 heteroatoms. The van der Waals surface area contributed by atoms with Crippen LogP contribution in [-0.2, 0) is 65.4 Å². The fraction of sp³-hybridized carbons (Fsp3) is 0.946. The molecular formula is C74H144O17P2. The van der Waals surface area contributed by atoms with Crippen LogP contribution in [0, 0.1) is 11.8 Å². The van der Waals surface area contributed by atoms with E-state index in [0.29, 0.717) is 25.7 Å². The van der Waals surface area contributed by atoms with E-state index in [2.05, 4.69) is 41.5 Å². The van der Waals surface area contributed by atoms with Crippen LogP contribution in [0.4, 0.5) is 0 Å². The van der Waals surface area contributed by atoms with Gasteiger partial charge < -0.3 is 33.8 Å². The highest BCUT2D eigenvalue weighted by Crippen LogP contribution is 2.45. The highest BCUT2D eigenvalue weighted by Gasteiger charge is 2.30. The minimum absolute atomic E-state index is 0.105. The first-order valence-electron chi connectivity index (χ1n) is 38.5. The summed E-state index contributed by atoms with van der Waals surface area (Å²) in [6, 6.07) is 0. The smallest absolute Gasteiger partial charge is 0.462 e. The summed E-state index contributed by atoms with van der Waals surface area (Å²) < 4.78 is 68.5. The van der Waals surface area contributed by atoms with Crippen LogP contribution >= 0.6 is 15.6 Å². The van der Waals surface area contributed by atoms with Crippen molar-refractivity contribution in [3.05, 3.63) is 0 Å². The molecule has 0 aliphatic heterocycles. The van der Waals surface area contributed by atoms with Crippen LogP contribution in [0.1, 0.15) is 382 Å². The molecule has 0 radical (unpaired) electrons. The number of unbranched alkanes of at least 4 members (excludes halogenated alkanes) is 42. The Kier molecular flexibility index (Phi) is 64.6. The quantitative estimate of drug-likeness (QED) is 0.0222. The summed E-state index contributed by atoms with van der Waals surface area (Å²) in [7, 11) is -9.91. The van der Waals surface area contributed by atoms with Gasteiger partial charge in [0, 0.05) is 25.7 Å². The van der Waals surface area contributed by atoms with Crippen molar-refractivity contribution in [1.29, 1.82) is 0 Å². The number of phosphoric ester groups is 2. The second-order valence-corrected chi connectivity index (χ2v) is 30.3. The first kappa shape index (κ1) is 91.1. The van der Waals surface area contributed by atoms with E-state index in [0.717, 1.165) is 102 Å². The van der Waals surface area contributed by atoms with Gasteiger partial charge in [-0.1, -0.05) is 330 Å². The third kappa shape index (κ3) is 67.0. The number of aliphatic hydroxyl groups is 1. The van der Waals surface area contributed by atoms with E-state index in [9.17, 15) is 43.2 Å². The fourth-order valence-corrected chi connectivity index (χ4v) is 12.8. The summed E-state index contributed by atoms with van der Waals surface area (Å²) in [6.45, 7) is 9.59. The zero-order valence-corrected chi connectivity index (χ0v) is 62.3. The SMILES string of the molecule is CCCCCCCCCCCCCCCCCC(=O)O[C@H](COC(=O)CCCCCCCCCCCCCC(C)C)COP(=O)(O)OC[C@@H](O)COP(=O)(O)OC[C@@H](COC(=O)CCCCCCCCCCCCCC)OC(=O)CCCCCCCCCCC(C)CC. The molecule has 3 N–H and O–H groups in total. The van der Waals surface area contributed by atoms with Gasteiger partial charge in [0.1, 0.15) is 19.3 Å². The van der Waals surface area contributed by atoms with Gasteiger partial charge in [0.05, 0.1) is 26.4 Å². The molecule has 0 saturated heterocycles. The molecule has 0 aliphatic rings. The van der Waals surface area contributed by atoms with Crippen molar-refractivity contribution < 1.29 is 80.2 Å². The molecule has 0 heterocycles. The Labute approximate surface area is 568 Å². The van der Waals surface area contributed by atoms with Crippen molar-refractivity contribution in [3.63, 3.8) is 0 Å². The Bertz CT molecular complexity index is 1810. The molecule has 93 heavy (non-hydrogen) atoms. The standard InChI is InChI=1S/C74H144O17P2/c1-7-10-12-14-16-18-20-22-23-24-28-33-40-46-52-58-73(78)90-69(62-84-72(77)57-51-45-39-32-29-25-26-30-36-42-48-54-66(4)5)64-88-92(80,81)86-60-68(75)61-87-93(82,83)89-65-70(91-74(79)59-53-47-41-35-34-37-43-49-55-67(6)9-3)63-85-71(76)56-50-44-38-31-27-21-19-17-15-13-11-8-2/h66-70,75H,7-65H2,1-6H3,(H,80,81)(H,82,83)/t67?,68-,69-,70-/m1/s1. The minimum atomic E-state index is -4.96. The molecule has 0 fully saturated rings. The summed E-state index contributed by atoms with van der Waals surface area (Å²) in [6.07, 6.45) is 52.5. The molecule has 17 nitrogen and oxygen atoms in total. The van der Waals surface area contributed by atoms with Crippen molar-refractivity contribution in [2.24, 2.45) is 11.8 Å². The number of ether oxygens (including phenoxy) is 4. The monoisotopic (exact) mass is 1370 g/mol. The van der Waals surface area contributed by atoms with Gasteiger partial charge in [-0.05, 0) is 37.5 Å². The molecular weight excluding hydrogens is 1220 g/mol. The van der Waals surface area contributed by atoms with E-state index >= 15 is 0 Å². The topological polar surface area (TPSA) is 237 Å². The highest BCUT2D eigenvalue weighted by molar-refractivity contribution is 7.47. The van der Waals surface area contributed by atoms with Gasteiger partial charge in [-0.2, -0.15) is 0 Å². The number of phosphoric acid groups is 2. The Morgan fingerprint density at radius 1 is 0.312 bits per heavy atom. The minimum Gasteiger partial charge on any atom is -0.462 e. The Hall–Kier alpha value is -1.94. The van der Waals surface area contributed by atoms with Gasteiger partial charge in [0.25, 0.3) is 0 Å². The second-order valence-electron chi connectivity index (χ2n) is 27.4. The van der Waals surface area contributed by atoms with Crippen molar-refractivity contribution in [3.8, 4) is 0 Å². The third-order valence-corrected chi connectivity index (χ3v) is 19.5. The van der Waals surface area contributed by atoms with Crippen LogP contribution in [-0.4, -0.2) is 96.7 Å². The van der Waals surface area contributed by atoms with Gasteiger partial charge >= 0.3 is 39.5 Å². The number of hydrogen-bond acceptors (Lipinski definition) is 15. The molecule has 6 atom stereocenters. The summed E-state index contributed by atoms with van der Waals surface area (Å²) in [5.41, 5.74) is 0. The first-order valence-corrected chi connectivity index (χ1v) is 41.5. The predicted octanol–water partition coefficient (Wildman–Crippen LogP) is 21.6. The zero-order chi connectivity index (χ0) is 68.6. The van der Waals surface area contributed by atoms with Crippen LogP contribution in [0.5, 0.6) is 0 Å². The van der Waals surface area contributed by atoms with E-state index in [1.807, 2.05) is 0 Å². The van der Waals surface area contributed by atoms with Crippen molar-refractivity contribution in [2.75, 3.05) is 39.6 Å². The molecule has 0 aromatic rings. The summed E-state index contributed by atoms with van der Waals surface area (Å²) in [4.78, 5) is 72.8. The molecule has 0 bridgehead atoms. The van der Waals surface area contributed by atoms with Crippen molar-refractivity contribution in [2.45, 2.75) is 400 Å². The molecule has 0 aromatic carbocycles. The molecule has 0 amide bonds. The second kappa shape index (κ2) is 66.0. The van der Waals surface area contributed by atoms with E-state index in [1.54, 1.807) is 0 Å². The van der Waals surface area contributed by atoms with Crippen molar-refractivity contribution >= 4 is 39.5 Å². The van der Waals surface area contributed by atoms with Gasteiger partial charge in [0.2, 0.25) is 0 Å². The number of carbonyl (C=O) groups excluding carboxylic acids is 4. The molecule has 0 saturated carbocycles. The molecule has 0 rings (SSSR count). The fourth-order valence-electron chi connectivity index (χ4n) is 11.3. The average molecular weight is 1370 g/mol. The molecule has 552 valence electrons. The van der Waals surface area contributed by atoms with Gasteiger partial charge in [-0.25, -0.2) is 9.13 Å². The summed E-state index contributed by atoms with van der Waals surface area (Å²) in [5.74, 6) is -0.576. The molecule has 0 aliphatic carbocycles. The number of hydrogen-bond donors (Lipinski definition) is 3. The maximum absolute atomic E-state index is 13.1. The number of esters is 4. The van der Waals surface area contributed by atoms with Crippen LogP contribution in [0.2, 0.25) is 0 Å². The zero-order valence-electron chi connectivity index (χ0n) is 60.6. The van der Waals surface area contributed by atoms with Crippen LogP contribution < -0.4 is 0 Å². The van der Waals surface area contributed by atoms with Gasteiger partial charge in [-0.3, -0.25) is 37.3 Å². The summed E-state index contributed by atoms with van der Waals surface area (Å²) in [5, 5.41) is 10.6. The lowest BCUT2D eigenvalue weighted by atomic mass is 9.99. The van der Waals surface area contributed by atoms with Gasteiger partial charge in [0.15, 0.2) is 12.2 Å². The van der Waals surface area contributed by atoms with E-state index < -0.39 is 97.5 Å². The third-order valence-electron chi connectivity index (χ3n) is 17.6. The number of carbonyl (C=O) groups is 4. The maximum Gasteiger partial charge on any atom is 0.472 e. The highest BCUT2D eigenvalue weighted by atomic mass is 31.2. The van der Waals surface area contributed by atoms with Crippen molar-refractivity contribution in [1.82, 2.24) is 0 Å². The van der Waals surface area contributed by atoms with E-state index in [-0.39, 0.29) is 25.7 Å². The van der Waals surface area contributed by atoms with Crippen LogP contribution in [0.15, 0.2) is 0 Å². The normalized spacial score (nSPS) is 14.3. The first-order chi connectivity index (χ1) is 44.9. The summed E-state index contributed by atoms with van der Waals surface area (Å²) >= 11 is 0. The van der Waals surface area contributed by atoms with Crippen LogP contribution in [0.3, 0.4) is 0 Å². The largest absolute Gasteiger partial charge is 0.472 e. The Morgan fingerprint density at radius 2 is 0.548 bits per heavy atom.